The standard InChI is InChI=1S/C25H24ClIN2OS/c1-24(2)22(29-21(30)17-8-6-16(7-9-17)12-13-27)25(3,4)23(24)31(5)19-11-10-18(15-28)20(26)14-19/h6-11,14,22-23H,5H2,1-4H3,(H,29,30)/t22?,23?,31-/m0/s1. The molecule has 0 saturated heterocycles. The van der Waals surface area contributed by atoms with Gasteiger partial charge in [-0.05, 0) is 57.2 Å². The molecule has 1 saturated carbocycles. The zero-order valence-electron chi connectivity index (χ0n) is 17.9. The van der Waals surface area contributed by atoms with Crippen molar-refractivity contribution >= 4 is 56.5 Å². The number of nitrogens with one attached hydrogen (secondary N) is 1. The van der Waals surface area contributed by atoms with Gasteiger partial charge in [-0.25, -0.2) is 0 Å². The lowest BCUT2D eigenvalue weighted by Crippen LogP contribution is -2.72. The van der Waals surface area contributed by atoms with Crippen molar-refractivity contribution < 1.29 is 4.79 Å². The minimum atomic E-state index is -0.347. The molecule has 31 heavy (non-hydrogen) atoms. The second-order valence-electron chi connectivity index (χ2n) is 8.91. The van der Waals surface area contributed by atoms with Gasteiger partial charge in [-0.3, -0.25) is 4.79 Å². The largest absolute Gasteiger partial charge is 0.348 e. The lowest BCUT2D eigenvalue weighted by atomic mass is 9.51. The normalized spacial score (nSPS) is 21.6. The summed E-state index contributed by atoms with van der Waals surface area (Å²) < 4.78 is 2.83. The maximum absolute atomic E-state index is 12.9. The first kappa shape index (κ1) is 23.9. The highest BCUT2D eigenvalue weighted by atomic mass is 127. The van der Waals surface area contributed by atoms with Gasteiger partial charge < -0.3 is 5.32 Å². The first-order chi connectivity index (χ1) is 14.5. The molecule has 2 aromatic rings. The van der Waals surface area contributed by atoms with Crippen LogP contribution in [0, 0.1) is 32.0 Å². The number of amides is 1. The Kier molecular flexibility index (Phi) is 6.91. The number of nitrogens with zero attached hydrogens (tertiary/aromatic N) is 1. The van der Waals surface area contributed by atoms with Crippen molar-refractivity contribution in [2.75, 3.05) is 0 Å². The topological polar surface area (TPSA) is 52.9 Å². The fourth-order valence-corrected chi connectivity index (χ4v) is 8.21. The van der Waals surface area contributed by atoms with Crippen LogP contribution in [0.3, 0.4) is 0 Å². The second kappa shape index (κ2) is 8.98. The van der Waals surface area contributed by atoms with Crippen LogP contribution in [0.25, 0.3) is 0 Å². The van der Waals surface area contributed by atoms with E-state index in [2.05, 4.69) is 54.8 Å². The predicted molar refractivity (Wildman–Crippen MR) is 139 cm³/mol. The van der Waals surface area contributed by atoms with Gasteiger partial charge in [0.05, 0.1) is 10.6 Å². The average Bonchev–Trinajstić information content (AvgIpc) is 2.71. The van der Waals surface area contributed by atoms with Crippen molar-refractivity contribution in [3.05, 3.63) is 64.2 Å². The van der Waals surface area contributed by atoms with E-state index in [0.717, 1.165) is 10.5 Å². The monoisotopic (exact) mass is 562 g/mol. The Balaban J connectivity index is 1.81. The van der Waals surface area contributed by atoms with E-state index in [4.69, 9.17) is 16.9 Å². The molecule has 6 heteroatoms. The van der Waals surface area contributed by atoms with E-state index in [-0.39, 0.29) is 38.5 Å². The molecule has 1 fully saturated rings. The van der Waals surface area contributed by atoms with Crippen molar-refractivity contribution in [3.8, 4) is 15.9 Å². The molecule has 1 amide bonds. The predicted octanol–water partition coefficient (Wildman–Crippen LogP) is 6.25. The third kappa shape index (κ3) is 4.42. The number of carbonyl (C=O) groups excluding carboxylic acids is 1. The molecular weight excluding hydrogens is 539 g/mol. The van der Waals surface area contributed by atoms with Crippen LogP contribution >= 0.6 is 44.7 Å². The second-order valence-corrected chi connectivity index (χ2v) is 11.7. The van der Waals surface area contributed by atoms with E-state index in [0.29, 0.717) is 16.1 Å². The third-order valence-corrected chi connectivity index (χ3v) is 9.33. The Morgan fingerprint density at radius 3 is 2.29 bits per heavy atom. The summed E-state index contributed by atoms with van der Waals surface area (Å²) in [6, 6.07) is 15.0. The highest BCUT2D eigenvalue weighted by molar-refractivity contribution is 14.1. The van der Waals surface area contributed by atoms with Crippen molar-refractivity contribution in [1.29, 1.82) is 5.26 Å². The third-order valence-electron chi connectivity index (χ3n) is 6.10. The molecule has 0 aliphatic heterocycles. The van der Waals surface area contributed by atoms with Crippen LogP contribution in [-0.2, 0) is 0 Å². The molecule has 1 aliphatic carbocycles. The lowest BCUT2D eigenvalue weighted by molar-refractivity contribution is -0.0252. The fraction of sp³-hybridized carbons (Fsp3) is 0.320. The van der Waals surface area contributed by atoms with Crippen LogP contribution in [0.1, 0.15) is 49.2 Å². The number of hydrogen-bond acceptors (Lipinski definition) is 2. The first-order valence-corrected chi connectivity index (χ1v) is 12.7. The molecule has 3 rings (SSSR count). The zero-order chi connectivity index (χ0) is 23.0. The van der Waals surface area contributed by atoms with Crippen LogP contribution in [0.4, 0.5) is 0 Å². The number of benzene rings is 2. The van der Waals surface area contributed by atoms with Crippen molar-refractivity contribution in [3.63, 3.8) is 0 Å². The van der Waals surface area contributed by atoms with Gasteiger partial charge in [-0.2, -0.15) is 15.7 Å². The van der Waals surface area contributed by atoms with Crippen LogP contribution in [0.5, 0.6) is 0 Å². The van der Waals surface area contributed by atoms with Crippen molar-refractivity contribution in [2.45, 2.75) is 43.9 Å². The lowest BCUT2D eigenvalue weighted by Gasteiger charge is -2.65. The van der Waals surface area contributed by atoms with Gasteiger partial charge in [0.25, 0.3) is 5.91 Å². The zero-order valence-corrected chi connectivity index (χ0v) is 21.7. The van der Waals surface area contributed by atoms with E-state index in [9.17, 15) is 4.79 Å². The molecule has 0 aromatic heterocycles. The summed E-state index contributed by atoms with van der Waals surface area (Å²) in [6.45, 7) is 8.74. The Morgan fingerprint density at radius 1 is 1.16 bits per heavy atom. The molecule has 160 valence electrons. The highest BCUT2D eigenvalue weighted by Crippen LogP contribution is 2.63. The van der Waals surface area contributed by atoms with Crippen LogP contribution in [0.2, 0.25) is 5.02 Å². The smallest absolute Gasteiger partial charge is 0.251 e. The van der Waals surface area contributed by atoms with Gasteiger partial charge in [0.1, 0.15) is 6.07 Å². The summed E-state index contributed by atoms with van der Waals surface area (Å²) in [6.07, 6.45) is 0. The molecule has 0 bridgehead atoms. The molecule has 3 nitrogen and oxygen atoms in total. The molecule has 1 aliphatic rings. The fourth-order valence-electron chi connectivity index (χ4n) is 5.09. The molecule has 0 heterocycles. The number of halogens is 2. The summed E-state index contributed by atoms with van der Waals surface area (Å²) in [4.78, 5) is 14.0. The van der Waals surface area contributed by atoms with E-state index < -0.39 is 0 Å². The molecule has 0 unspecified atom stereocenters. The van der Waals surface area contributed by atoms with Gasteiger partial charge in [-0.1, -0.05) is 51.1 Å². The number of hydrogen-bond donors (Lipinski definition) is 1. The molecule has 0 spiro atoms. The summed E-state index contributed by atoms with van der Waals surface area (Å²) in [5, 5.41) is 13.1. The van der Waals surface area contributed by atoms with E-state index in [1.165, 1.54) is 0 Å². The Bertz CT molecular complexity index is 1140. The summed E-state index contributed by atoms with van der Waals surface area (Å²) in [5.41, 5.74) is 1.67. The molecular formula is C25H24ClIN2OS. The number of nitriles is 1. The summed E-state index contributed by atoms with van der Waals surface area (Å²) >= 11 is 8.27. The maximum atomic E-state index is 12.9. The van der Waals surface area contributed by atoms with Crippen molar-refractivity contribution in [1.82, 2.24) is 5.32 Å². The maximum Gasteiger partial charge on any atom is 0.251 e. The van der Waals surface area contributed by atoms with E-state index in [1.54, 1.807) is 6.07 Å². The van der Waals surface area contributed by atoms with Crippen molar-refractivity contribution in [2.24, 2.45) is 10.8 Å². The highest BCUT2D eigenvalue weighted by Gasteiger charge is 2.62. The van der Waals surface area contributed by atoms with E-state index in [1.807, 2.05) is 59.0 Å². The summed E-state index contributed by atoms with van der Waals surface area (Å²) in [7, 11) is -0.347. The molecule has 0 radical (unpaired) electrons. The van der Waals surface area contributed by atoms with Crippen LogP contribution in [-0.4, -0.2) is 23.1 Å². The Morgan fingerprint density at radius 2 is 1.77 bits per heavy atom. The average molecular weight is 563 g/mol. The van der Waals surface area contributed by atoms with Crippen LogP contribution < -0.4 is 5.32 Å². The first-order valence-electron chi connectivity index (χ1n) is 9.79. The molecule has 1 atom stereocenters. The Hall–Kier alpha value is -1.80. The minimum absolute atomic E-state index is 0.00285. The quantitative estimate of drug-likeness (QED) is 0.272. The Labute approximate surface area is 205 Å². The molecule has 1 N–H and O–H groups in total. The number of carbonyl (C=O) groups is 1. The van der Waals surface area contributed by atoms with E-state index >= 15 is 0 Å². The van der Waals surface area contributed by atoms with Crippen LogP contribution in [0.15, 0.2) is 47.4 Å². The van der Waals surface area contributed by atoms with Gasteiger partial charge in [0.15, 0.2) is 0 Å². The molecule has 2 aromatic carbocycles. The SMILES string of the molecule is C=[S@@](c1ccc(C#N)c(Cl)c1)C1C(C)(C)C(NC(=O)c2ccc(C#CI)cc2)C1(C)C. The van der Waals surface area contributed by atoms with Gasteiger partial charge in [-0.15, -0.1) is 0 Å². The minimum Gasteiger partial charge on any atom is -0.348 e. The summed E-state index contributed by atoms with van der Waals surface area (Å²) in [5.74, 6) is 7.38. The van der Waals surface area contributed by atoms with Gasteiger partial charge in [0, 0.05) is 49.9 Å². The number of rotatable bonds is 4. The van der Waals surface area contributed by atoms with Gasteiger partial charge in [0.2, 0.25) is 0 Å². The van der Waals surface area contributed by atoms with Gasteiger partial charge >= 0.3 is 0 Å².